The normalized spacial score (nSPS) is 10.6. The van der Waals surface area contributed by atoms with Gasteiger partial charge in [-0.3, -0.25) is 0 Å². The second-order valence-corrected chi connectivity index (χ2v) is 5.91. The summed E-state index contributed by atoms with van der Waals surface area (Å²) in [5.41, 5.74) is 2.67. The van der Waals surface area contributed by atoms with Gasteiger partial charge in [-0.25, -0.2) is 9.97 Å². The average Bonchev–Trinajstić information content (AvgIpc) is 2.88. The van der Waals surface area contributed by atoms with Crippen LogP contribution in [0.3, 0.4) is 0 Å². The van der Waals surface area contributed by atoms with Crippen molar-refractivity contribution >= 4 is 23.0 Å². The summed E-state index contributed by atoms with van der Waals surface area (Å²) >= 11 is 1.74. The van der Waals surface area contributed by atoms with Gasteiger partial charge < -0.3 is 10.6 Å². The fraction of sp³-hybridized carbons (Fsp3) is 0.500. The van der Waals surface area contributed by atoms with Gasteiger partial charge in [-0.05, 0) is 41.7 Å². The zero-order chi connectivity index (χ0) is 15.1. The van der Waals surface area contributed by atoms with Crippen molar-refractivity contribution in [3.63, 3.8) is 0 Å². The van der Waals surface area contributed by atoms with Crippen molar-refractivity contribution in [2.24, 2.45) is 0 Å². The first-order chi connectivity index (χ1) is 10.2. The van der Waals surface area contributed by atoms with E-state index in [1.54, 1.807) is 11.3 Å². The van der Waals surface area contributed by atoms with Gasteiger partial charge in [0.05, 0.1) is 0 Å². The molecule has 0 aromatic carbocycles. The molecular formula is C16H24N4S. The van der Waals surface area contributed by atoms with Crippen molar-refractivity contribution in [2.75, 3.05) is 17.2 Å². The fourth-order valence-corrected chi connectivity index (χ4v) is 2.88. The zero-order valence-corrected chi connectivity index (χ0v) is 13.9. The van der Waals surface area contributed by atoms with Crippen molar-refractivity contribution in [1.82, 2.24) is 9.97 Å². The van der Waals surface area contributed by atoms with Crippen LogP contribution in [0.25, 0.3) is 0 Å². The Morgan fingerprint density at radius 1 is 1.05 bits per heavy atom. The van der Waals surface area contributed by atoms with Crippen LogP contribution in [0.4, 0.5) is 11.6 Å². The van der Waals surface area contributed by atoms with Gasteiger partial charge in [0, 0.05) is 25.6 Å². The number of anilines is 2. The van der Waals surface area contributed by atoms with Crippen LogP contribution in [0.15, 0.2) is 16.8 Å². The Morgan fingerprint density at radius 2 is 1.81 bits per heavy atom. The molecule has 0 fully saturated rings. The van der Waals surface area contributed by atoms with Gasteiger partial charge in [0.2, 0.25) is 0 Å². The molecule has 0 atom stereocenters. The maximum Gasteiger partial charge on any atom is 0.133 e. The van der Waals surface area contributed by atoms with Crippen LogP contribution < -0.4 is 10.6 Å². The highest BCUT2D eigenvalue weighted by Gasteiger charge is 2.05. The lowest BCUT2D eigenvalue weighted by molar-refractivity contribution is 0.831. The molecule has 4 nitrogen and oxygen atoms in total. The number of nitrogens with zero attached hydrogens (tertiary/aromatic N) is 2. The molecule has 0 aliphatic rings. The first kappa shape index (κ1) is 15.8. The fourth-order valence-electron chi connectivity index (χ4n) is 2.02. The SMILES string of the molecule is CCCNc1cc(NCc2cscc2C)nc(CCC)n1. The molecule has 0 amide bonds. The molecule has 2 aromatic heterocycles. The highest BCUT2D eigenvalue weighted by Crippen LogP contribution is 2.17. The number of hydrogen-bond acceptors (Lipinski definition) is 5. The molecule has 2 heterocycles. The van der Waals surface area contributed by atoms with Crippen LogP contribution in [-0.4, -0.2) is 16.5 Å². The summed E-state index contributed by atoms with van der Waals surface area (Å²) in [5, 5.41) is 11.1. The summed E-state index contributed by atoms with van der Waals surface area (Å²) in [5.74, 6) is 2.72. The van der Waals surface area contributed by atoms with Crippen molar-refractivity contribution in [3.8, 4) is 0 Å². The van der Waals surface area contributed by atoms with E-state index >= 15 is 0 Å². The maximum absolute atomic E-state index is 4.60. The van der Waals surface area contributed by atoms with Crippen molar-refractivity contribution < 1.29 is 0 Å². The Hall–Kier alpha value is -1.62. The number of nitrogens with one attached hydrogen (secondary N) is 2. The third-order valence-electron chi connectivity index (χ3n) is 3.22. The van der Waals surface area contributed by atoms with E-state index in [0.717, 1.165) is 49.8 Å². The predicted molar refractivity (Wildman–Crippen MR) is 91.2 cm³/mol. The number of thiophene rings is 1. The lowest BCUT2D eigenvalue weighted by Crippen LogP contribution is -2.09. The van der Waals surface area contributed by atoms with Crippen LogP contribution in [-0.2, 0) is 13.0 Å². The summed E-state index contributed by atoms with van der Waals surface area (Å²) < 4.78 is 0. The summed E-state index contributed by atoms with van der Waals surface area (Å²) in [6.45, 7) is 8.19. The highest BCUT2D eigenvalue weighted by molar-refractivity contribution is 7.08. The van der Waals surface area contributed by atoms with E-state index < -0.39 is 0 Å². The zero-order valence-electron chi connectivity index (χ0n) is 13.1. The first-order valence-electron chi connectivity index (χ1n) is 7.60. The topological polar surface area (TPSA) is 49.8 Å². The second kappa shape index (κ2) is 7.98. The minimum absolute atomic E-state index is 0.811. The van der Waals surface area contributed by atoms with Crippen LogP contribution in [0.2, 0.25) is 0 Å². The van der Waals surface area contributed by atoms with Crippen LogP contribution >= 0.6 is 11.3 Å². The molecule has 0 spiro atoms. The molecule has 0 saturated carbocycles. The lowest BCUT2D eigenvalue weighted by Gasteiger charge is -2.11. The van der Waals surface area contributed by atoms with E-state index in [2.05, 4.69) is 52.1 Å². The Balaban J connectivity index is 2.09. The van der Waals surface area contributed by atoms with E-state index in [0.29, 0.717) is 0 Å². The van der Waals surface area contributed by atoms with Crippen molar-refractivity contribution in [1.29, 1.82) is 0 Å². The largest absolute Gasteiger partial charge is 0.370 e. The van der Waals surface area contributed by atoms with Crippen molar-refractivity contribution in [2.45, 2.75) is 46.6 Å². The maximum atomic E-state index is 4.60. The van der Waals surface area contributed by atoms with Gasteiger partial charge in [-0.2, -0.15) is 11.3 Å². The molecule has 0 aliphatic heterocycles. The number of rotatable bonds is 8. The third kappa shape index (κ3) is 4.70. The van der Waals surface area contributed by atoms with Gasteiger partial charge in [0.25, 0.3) is 0 Å². The van der Waals surface area contributed by atoms with Crippen LogP contribution in [0.5, 0.6) is 0 Å². The molecule has 114 valence electrons. The molecule has 0 aliphatic carbocycles. The molecule has 0 bridgehead atoms. The highest BCUT2D eigenvalue weighted by atomic mass is 32.1. The van der Waals surface area contributed by atoms with E-state index in [1.165, 1.54) is 11.1 Å². The number of aromatic nitrogens is 2. The quantitative estimate of drug-likeness (QED) is 0.766. The molecular weight excluding hydrogens is 280 g/mol. The Labute approximate surface area is 131 Å². The minimum Gasteiger partial charge on any atom is -0.370 e. The summed E-state index contributed by atoms with van der Waals surface area (Å²) in [4.78, 5) is 9.16. The average molecular weight is 304 g/mol. The predicted octanol–water partition coefficient (Wildman–Crippen LogP) is 4.23. The first-order valence-corrected chi connectivity index (χ1v) is 8.54. The van der Waals surface area contributed by atoms with Crippen LogP contribution in [0, 0.1) is 6.92 Å². The van der Waals surface area contributed by atoms with E-state index in [4.69, 9.17) is 0 Å². The van der Waals surface area contributed by atoms with Crippen molar-refractivity contribution in [3.05, 3.63) is 33.8 Å². The monoisotopic (exact) mass is 304 g/mol. The minimum atomic E-state index is 0.811. The third-order valence-corrected chi connectivity index (χ3v) is 4.13. The second-order valence-electron chi connectivity index (χ2n) is 5.17. The molecule has 2 rings (SSSR count). The summed E-state index contributed by atoms with van der Waals surface area (Å²) in [6.07, 6.45) is 3.05. The van der Waals surface area contributed by atoms with Gasteiger partial charge in [-0.1, -0.05) is 13.8 Å². The summed E-state index contributed by atoms with van der Waals surface area (Å²) in [7, 11) is 0. The molecule has 0 radical (unpaired) electrons. The van der Waals surface area contributed by atoms with E-state index in [-0.39, 0.29) is 0 Å². The van der Waals surface area contributed by atoms with Gasteiger partial charge in [-0.15, -0.1) is 0 Å². The summed E-state index contributed by atoms with van der Waals surface area (Å²) in [6, 6.07) is 2.00. The van der Waals surface area contributed by atoms with Gasteiger partial charge in [0.1, 0.15) is 17.5 Å². The standard InChI is InChI=1S/C16H24N4S/c1-4-6-14-19-15(17-7-5-2)8-16(20-14)18-9-13-11-21-10-12(13)3/h8,10-11H,4-7,9H2,1-3H3,(H2,17,18,19,20). The molecule has 5 heteroatoms. The molecule has 0 unspecified atom stereocenters. The Morgan fingerprint density at radius 3 is 2.43 bits per heavy atom. The Bertz CT molecular complexity index is 565. The Kier molecular flexibility index (Phi) is 5.99. The molecule has 2 N–H and O–H groups in total. The molecule has 2 aromatic rings. The number of aryl methyl sites for hydroxylation is 2. The smallest absolute Gasteiger partial charge is 0.133 e. The molecule has 0 saturated heterocycles. The molecule has 21 heavy (non-hydrogen) atoms. The van der Waals surface area contributed by atoms with E-state index in [9.17, 15) is 0 Å². The lowest BCUT2D eigenvalue weighted by atomic mass is 10.2. The van der Waals surface area contributed by atoms with Crippen LogP contribution in [0.1, 0.15) is 43.6 Å². The van der Waals surface area contributed by atoms with Gasteiger partial charge in [0.15, 0.2) is 0 Å². The van der Waals surface area contributed by atoms with E-state index in [1.807, 2.05) is 6.07 Å². The van der Waals surface area contributed by atoms with Gasteiger partial charge >= 0.3 is 0 Å². The number of hydrogen-bond donors (Lipinski definition) is 2.